The number of rotatable bonds is 6. The second-order valence-electron chi connectivity index (χ2n) is 4.43. The van der Waals surface area contributed by atoms with Crippen LogP contribution in [0.1, 0.15) is 18.4 Å². The van der Waals surface area contributed by atoms with Crippen LogP contribution < -0.4 is 16.2 Å². The lowest BCUT2D eigenvalue weighted by Gasteiger charge is -2.04. The highest BCUT2D eigenvalue weighted by Crippen LogP contribution is 2.24. The van der Waals surface area contributed by atoms with E-state index in [-0.39, 0.29) is 5.97 Å². The zero-order valence-corrected chi connectivity index (χ0v) is 10.8. The molecule has 0 aliphatic rings. The molecule has 2 rings (SSSR count). The molecule has 0 saturated heterocycles. The highest BCUT2D eigenvalue weighted by molar-refractivity contribution is 5.85. The SMILES string of the molecule is NCCCC(=O)Oc1ccc2[nH]cc(CCN)c2c1. The third-order valence-electron chi connectivity index (χ3n) is 2.97. The maximum absolute atomic E-state index is 11.6. The molecule has 19 heavy (non-hydrogen) atoms. The Bertz CT molecular complexity index is 563. The average molecular weight is 261 g/mol. The van der Waals surface area contributed by atoms with E-state index in [4.69, 9.17) is 16.2 Å². The second-order valence-corrected chi connectivity index (χ2v) is 4.43. The van der Waals surface area contributed by atoms with Crippen LogP contribution in [-0.4, -0.2) is 24.0 Å². The first-order valence-corrected chi connectivity index (χ1v) is 6.45. The molecule has 0 aliphatic heterocycles. The molecule has 5 N–H and O–H groups in total. The summed E-state index contributed by atoms with van der Waals surface area (Å²) < 4.78 is 5.29. The molecule has 0 fully saturated rings. The van der Waals surface area contributed by atoms with Crippen LogP contribution >= 0.6 is 0 Å². The van der Waals surface area contributed by atoms with Crippen LogP contribution in [0.25, 0.3) is 10.9 Å². The molecule has 0 unspecified atom stereocenters. The van der Waals surface area contributed by atoms with Crippen LogP contribution in [0.5, 0.6) is 5.75 Å². The van der Waals surface area contributed by atoms with Crippen LogP contribution in [0.2, 0.25) is 0 Å². The smallest absolute Gasteiger partial charge is 0.311 e. The Kier molecular flexibility index (Phi) is 4.54. The lowest BCUT2D eigenvalue weighted by atomic mass is 10.1. The molecule has 0 bridgehead atoms. The van der Waals surface area contributed by atoms with Gasteiger partial charge in [0.25, 0.3) is 0 Å². The van der Waals surface area contributed by atoms with Crippen molar-refractivity contribution in [3.05, 3.63) is 30.0 Å². The van der Waals surface area contributed by atoms with Gasteiger partial charge < -0.3 is 21.2 Å². The van der Waals surface area contributed by atoms with Crippen molar-refractivity contribution in [1.82, 2.24) is 4.98 Å². The van der Waals surface area contributed by atoms with Crippen LogP contribution in [0, 0.1) is 0 Å². The van der Waals surface area contributed by atoms with Crippen molar-refractivity contribution in [2.45, 2.75) is 19.3 Å². The fraction of sp³-hybridized carbons (Fsp3) is 0.357. The number of ether oxygens (including phenoxy) is 1. The predicted molar refractivity (Wildman–Crippen MR) is 75.0 cm³/mol. The molecule has 2 aromatic rings. The van der Waals surface area contributed by atoms with Gasteiger partial charge in [0.2, 0.25) is 0 Å². The zero-order valence-electron chi connectivity index (χ0n) is 10.8. The number of fused-ring (bicyclic) bond motifs is 1. The molecule has 0 aliphatic carbocycles. The third-order valence-corrected chi connectivity index (χ3v) is 2.97. The molecule has 0 spiro atoms. The quantitative estimate of drug-likeness (QED) is 0.540. The van der Waals surface area contributed by atoms with Gasteiger partial charge in [-0.05, 0) is 49.7 Å². The summed E-state index contributed by atoms with van der Waals surface area (Å²) in [4.78, 5) is 14.7. The van der Waals surface area contributed by atoms with E-state index in [2.05, 4.69) is 4.98 Å². The summed E-state index contributed by atoms with van der Waals surface area (Å²) in [7, 11) is 0. The van der Waals surface area contributed by atoms with Crippen molar-refractivity contribution < 1.29 is 9.53 Å². The summed E-state index contributed by atoms with van der Waals surface area (Å²) in [6, 6.07) is 5.56. The minimum atomic E-state index is -0.249. The van der Waals surface area contributed by atoms with Crippen molar-refractivity contribution in [2.75, 3.05) is 13.1 Å². The van der Waals surface area contributed by atoms with Crippen LogP contribution in [0.15, 0.2) is 24.4 Å². The average Bonchev–Trinajstić information content (AvgIpc) is 2.80. The summed E-state index contributed by atoms with van der Waals surface area (Å²) in [6.45, 7) is 1.08. The summed E-state index contributed by atoms with van der Waals surface area (Å²) in [5.74, 6) is 0.313. The van der Waals surface area contributed by atoms with E-state index in [1.54, 1.807) is 6.07 Å². The van der Waals surface area contributed by atoms with Gasteiger partial charge >= 0.3 is 5.97 Å². The minimum absolute atomic E-state index is 0.249. The van der Waals surface area contributed by atoms with E-state index in [0.717, 1.165) is 22.9 Å². The number of hydrogen-bond acceptors (Lipinski definition) is 4. The van der Waals surface area contributed by atoms with Crippen molar-refractivity contribution in [3.63, 3.8) is 0 Å². The molecule has 1 aromatic heterocycles. The largest absolute Gasteiger partial charge is 0.427 e. The van der Waals surface area contributed by atoms with Crippen molar-refractivity contribution in [3.8, 4) is 5.75 Å². The summed E-state index contributed by atoms with van der Waals surface area (Å²) in [6.07, 6.45) is 3.73. The molecule has 1 heterocycles. The van der Waals surface area contributed by atoms with Crippen molar-refractivity contribution in [1.29, 1.82) is 0 Å². The molecule has 102 valence electrons. The van der Waals surface area contributed by atoms with Crippen molar-refractivity contribution >= 4 is 16.9 Å². The van der Waals surface area contributed by atoms with E-state index in [1.165, 1.54) is 0 Å². The normalized spacial score (nSPS) is 10.8. The Morgan fingerprint density at radius 1 is 1.26 bits per heavy atom. The summed E-state index contributed by atoms with van der Waals surface area (Å²) in [5, 5.41) is 1.05. The molecule has 1 aromatic carbocycles. The molecule has 0 radical (unpaired) electrons. The zero-order chi connectivity index (χ0) is 13.7. The lowest BCUT2D eigenvalue weighted by molar-refractivity contribution is -0.134. The number of nitrogens with two attached hydrogens (primary N) is 2. The van der Waals surface area contributed by atoms with Gasteiger partial charge in [-0.1, -0.05) is 0 Å². The summed E-state index contributed by atoms with van der Waals surface area (Å²) >= 11 is 0. The number of carbonyl (C=O) groups excluding carboxylic acids is 1. The monoisotopic (exact) mass is 261 g/mol. The molecule has 0 atom stereocenters. The van der Waals surface area contributed by atoms with Crippen LogP contribution in [-0.2, 0) is 11.2 Å². The highest BCUT2D eigenvalue weighted by Gasteiger charge is 2.08. The predicted octanol–water partition coefficient (Wildman–Crippen LogP) is 1.31. The molecule has 5 heteroatoms. The van der Waals surface area contributed by atoms with Crippen molar-refractivity contribution in [2.24, 2.45) is 11.5 Å². The van der Waals surface area contributed by atoms with Crippen LogP contribution in [0.3, 0.4) is 0 Å². The van der Waals surface area contributed by atoms with Gasteiger partial charge in [0, 0.05) is 23.5 Å². The number of H-pyrrole nitrogens is 1. The number of benzene rings is 1. The molecule has 0 amide bonds. The van der Waals surface area contributed by atoms with Gasteiger partial charge in [-0.2, -0.15) is 0 Å². The third kappa shape index (κ3) is 3.33. The number of esters is 1. The summed E-state index contributed by atoms with van der Waals surface area (Å²) in [5.41, 5.74) is 13.1. The Morgan fingerprint density at radius 3 is 2.84 bits per heavy atom. The van der Waals surface area contributed by atoms with E-state index in [9.17, 15) is 4.79 Å². The van der Waals surface area contributed by atoms with Gasteiger partial charge in [-0.25, -0.2) is 0 Å². The van der Waals surface area contributed by atoms with E-state index >= 15 is 0 Å². The Morgan fingerprint density at radius 2 is 2.11 bits per heavy atom. The molecule has 0 saturated carbocycles. The maximum Gasteiger partial charge on any atom is 0.311 e. The minimum Gasteiger partial charge on any atom is -0.427 e. The standard InChI is InChI=1S/C14H19N3O2/c15-6-1-2-14(18)19-11-3-4-13-12(8-11)10(5-7-16)9-17-13/h3-4,8-9,17H,1-2,5-7,15-16H2. The number of aromatic amines is 1. The van der Waals surface area contributed by atoms with Crippen LogP contribution in [0.4, 0.5) is 0 Å². The van der Waals surface area contributed by atoms with Gasteiger partial charge in [-0.15, -0.1) is 0 Å². The number of carbonyl (C=O) groups is 1. The lowest BCUT2D eigenvalue weighted by Crippen LogP contribution is -2.10. The second kappa shape index (κ2) is 6.36. The first kappa shape index (κ1) is 13.6. The fourth-order valence-corrected chi connectivity index (χ4v) is 2.01. The number of nitrogens with one attached hydrogen (secondary N) is 1. The van der Waals surface area contributed by atoms with Gasteiger partial charge in [0.1, 0.15) is 5.75 Å². The van der Waals surface area contributed by atoms with Gasteiger partial charge in [0.05, 0.1) is 0 Å². The Hall–Kier alpha value is -1.85. The maximum atomic E-state index is 11.6. The Labute approximate surface area is 111 Å². The molecule has 5 nitrogen and oxygen atoms in total. The van der Waals surface area contributed by atoms with E-state index < -0.39 is 0 Å². The van der Waals surface area contributed by atoms with E-state index in [1.807, 2.05) is 18.3 Å². The van der Waals surface area contributed by atoms with Gasteiger partial charge in [-0.3, -0.25) is 4.79 Å². The fourth-order valence-electron chi connectivity index (χ4n) is 2.01. The first-order valence-electron chi connectivity index (χ1n) is 6.45. The van der Waals surface area contributed by atoms with E-state index in [0.29, 0.717) is 31.7 Å². The van der Waals surface area contributed by atoms with Gasteiger partial charge in [0.15, 0.2) is 0 Å². The first-order chi connectivity index (χ1) is 9.24. The number of hydrogen-bond donors (Lipinski definition) is 3. The number of aromatic nitrogens is 1. The Balaban J connectivity index is 2.15. The topological polar surface area (TPSA) is 94.1 Å². The molecular formula is C14H19N3O2. The highest BCUT2D eigenvalue weighted by atomic mass is 16.5. The molecular weight excluding hydrogens is 242 g/mol.